The Morgan fingerprint density at radius 1 is 1.19 bits per heavy atom. The van der Waals surface area contributed by atoms with Gasteiger partial charge in [0.2, 0.25) is 0 Å². The van der Waals surface area contributed by atoms with Crippen molar-refractivity contribution in [1.29, 1.82) is 0 Å². The molecule has 1 aromatic rings. The van der Waals surface area contributed by atoms with E-state index < -0.39 is 0 Å². The zero-order valence-corrected chi connectivity index (χ0v) is 14.6. The van der Waals surface area contributed by atoms with Crippen LogP contribution in [0.25, 0.3) is 0 Å². The molecule has 0 radical (unpaired) electrons. The molecule has 1 aliphatic rings. The molecule has 21 heavy (non-hydrogen) atoms. The Morgan fingerprint density at radius 3 is 2.52 bits per heavy atom. The van der Waals surface area contributed by atoms with Crippen LogP contribution >= 0.6 is 11.8 Å². The highest BCUT2D eigenvalue weighted by Gasteiger charge is 2.28. The van der Waals surface area contributed by atoms with Gasteiger partial charge in [0.25, 0.3) is 0 Å². The quantitative estimate of drug-likeness (QED) is 0.782. The summed E-state index contributed by atoms with van der Waals surface area (Å²) in [7, 11) is 0. The molecule has 0 aliphatic heterocycles. The lowest BCUT2D eigenvalue weighted by Crippen LogP contribution is -2.36. The summed E-state index contributed by atoms with van der Waals surface area (Å²) in [6.45, 7) is 8.65. The average molecular weight is 308 g/mol. The van der Waals surface area contributed by atoms with E-state index in [1.54, 1.807) is 0 Å². The Labute approximate surface area is 134 Å². The summed E-state index contributed by atoms with van der Waals surface area (Å²) in [6, 6.07) is 9.61. The second-order valence-corrected chi connectivity index (χ2v) is 7.67. The van der Waals surface area contributed by atoms with Gasteiger partial charge < -0.3 is 10.1 Å². The monoisotopic (exact) mass is 307 g/mol. The first-order valence-electron chi connectivity index (χ1n) is 8.24. The Balaban J connectivity index is 1.92. The van der Waals surface area contributed by atoms with Crippen LogP contribution in [0.1, 0.15) is 58.6 Å². The summed E-state index contributed by atoms with van der Waals surface area (Å²) < 4.78 is 5.71. The van der Waals surface area contributed by atoms with Crippen LogP contribution in [-0.4, -0.2) is 23.1 Å². The third-order valence-electron chi connectivity index (χ3n) is 4.05. The standard InChI is InChI=1S/C18H29NOS/c1-5-21-18-8-6-7-17(18)19-14(4)15-9-11-16(12-10-15)20-13(2)3/h9-14,17-19H,5-8H2,1-4H3. The molecule has 1 aliphatic carbocycles. The van der Waals surface area contributed by atoms with Crippen molar-refractivity contribution in [2.45, 2.75) is 70.4 Å². The number of nitrogens with one attached hydrogen (secondary N) is 1. The van der Waals surface area contributed by atoms with Gasteiger partial charge in [0.05, 0.1) is 6.10 Å². The van der Waals surface area contributed by atoms with Gasteiger partial charge in [-0.3, -0.25) is 0 Å². The normalized spacial score (nSPS) is 23.5. The van der Waals surface area contributed by atoms with E-state index in [-0.39, 0.29) is 6.10 Å². The smallest absolute Gasteiger partial charge is 0.119 e. The fourth-order valence-corrected chi connectivity index (χ4v) is 4.26. The van der Waals surface area contributed by atoms with Crippen LogP contribution in [-0.2, 0) is 0 Å². The van der Waals surface area contributed by atoms with Gasteiger partial charge in [0.15, 0.2) is 0 Å². The molecule has 0 heterocycles. The van der Waals surface area contributed by atoms with Crippen LogP contribution in [0, 0.1) is 0 Å². The molecule has 3 atom stereocenters. The predicted octanol–water partition coefficient (Wildman–Crippen LogP) is 4.80. The summed E-state index contributed by atoms with van der Waals surface area (Å²) >= 11 is 2.11. The van der Waals surface area contributed by atoms with Gasteiger partial charge in [-0.15, -0.1) is 0 Å². The van der Waals surface area contributed by atoms with Gasteiger partial charge in [-0.25, -0.2) is 0 Å². The first-order valence-corrected chi connectivity index (χ1v) is 9.29. The van der Waals surface area contributed by atoms with Crippen LogP contribution < -0.4 is 10.1 Å². The van der Waals surface area contributed by atoms with Crippen molar-refractivity contribution in [2.75, 3.05) is 5.75 Å². The van der Waals surface area contributed by atoms with Gasteiger partial charge in [-0.2, -0.15) is 11.8 Å². The Bertz CT molecular complexity index is 418. The Hall–Kier alpha value is -0.670. The first kappa shape index (κ1) is 16.7. The minimum absolute atomic E-state index is 0.233. The highest BCUT2D eigenvalue weighted by atomic mass is 32.2. The molecule has 118 valence electrons. The summed E-state index contributed by atoms with van der Waals surface area (Å²) in [4.78, 5) is 0. The second kappa shape index (κ2) is 8.09. The largest absolute Gasteiger partial charge is 0.491 e. The van der Waals surface area contributed by atoms with Gasteiger partial charge in [0, 0.05) is 17.3 Å². The molecule has 1 N–H and O–H groups in total. The number of hydrogen-bond acceptors (Lipinski definition) is 3. The molecule has 1 aromatic carbocycles. The molecule has 3 heteroatoms. The van der Waals surface area contributed by atoms with Crippen LogP contribution in [0.4, 0.5) is 0 Å². The summed E-state index contributed by atoms with van der Waals surface area (Å²) in [6.07, 6.45) is 4.28. The second-order valence-electron chi connectivity index (χ2n) is 6.16. The van der Waals surface area contributed by atoms with Gasteiger partial charge >= 0.3 is 0 Å². The Kier molecular flexibility index (Phi) is 6.43. The Morgan fingerprint density at radius 2 is 1.90 bits per heavy atom. The molecule has 0 saturated heterocycles. The third-order valence-corrected chi connectivity index (χ3v) is 5.37. The van der Waals surface area contributed by atoms with Crippen molar-refractivity contribution in [1.82, 2.24) is 5.32 Å². The fourth-order valence-electron chi connectivity index (χ4n) is 3.05. The maximum absolute atomic E-state index is 5.71. The van der Waals surface area contributed by atoms with E-state index in [1.807, 2.05) is 0 Å². The van der Waals surface area contributed by atoms with Crippen LogP contribution in [0.5, 0.6) is 5.75 Å². The lowest BCUT2D eigenvalue weighted by atomic mass is 10.1. The van der Waals surface area contributed by atoms with E-state index in [0.29, 0.717) is 12.1 Å². The molecule has 2 rings (SSSR count). The molecule has 1 fully saturated rings. The van der Waals surface area contributed by atoms with Crippen molar-refractivity contribution in [3.63, 3.8) is 0 Å². The molecule has 0 aromatic heterocycles. The lowest BCUT2D eigenvalue weighted by Gasteiger charge is -2.25. The van der Waals surface area contributed by atoms with Crippen molar-refractivity contribution < 1.29 is 4.74 Å². The lowest BCUT2D eigenvalue weighted by molar-refractivity contribution is 0.242. The average Bonchev–Trinajstić information content (AvgIpc) is 2.86. The SMILES string of the molecule is CCSC1CCCC1NC(C)c1ccc(OC(C)C)cc1. The predicted molar refractivity (Wildman–Crippen MR) is 93.3 cm³/mol. The molecule has 0 spiro atoms. The number of benzene rings is 1. The zero-order chi connectivity index (χ0) is 15.2. The van der Waals surface area contributed by atoms with Crippen molar-refractivity contribution in [3.8, 4) is 5.75 Å². The minimum atomic E-state index is 0.233. The van der Waals surface area contributed by atoms with Gasteiger partial charge in [-0.1, -0.05) is 25.5 Å². The van der Waals surface area contributed by atoms with E-state index in [2.05, 4.69) is 69.0 Å². The number of hydrogen-bond donors (Lipinski definition) is 1. The van der Waals surface area contributed by atoms with Gasteiger partial charge in [0.1, 0.15) is 5.75 Å². The molecule has 1 saturated carbocycles. The molecule has 3 unspecified atom stereocenters. The maximum atomic E-state index is 5.71. The van der Waals surface area contributed by atoms with Crippen LogP contribution in [0.2, 0.25) is 0 Å². The van der Waals surface area contributed by atoms with Gasteiger partial charge in [-0.05, 0) is 57.1 Å². The minimum Gasteiger partial charge on any atom is -0.491 e. The highest BCUT2D eigenvalue weighted by Crippen LogP contribution is 2.31. The summed E-state index contributed by atoms with van der Waals surface area (Å²) in [5.74, 6) is 2.18. The fraction of sp³-hybridized carbons (Fsp3) is 0.667. The molecular formula is C18H29NOS. The molecule has 0 bridgehead atoms. The number of ether oxygens (including phenoxy) is 1. The number of rotatable bonds is 7. The van der Waals surface area contributed by atoms with E-state index in [1.165, 1.54) is 30.6 Å². The summed E-state index contributed by atoms with van der Waals surface area (Å²) in [5.41, 5.74) is 1.35. The van der Waals surface area contributed by atoms with Crippen LogP contribution in [0.15, 0.2) is 24.3 Å². The topological polar surface area (TPSA) is 21.3 Å². The molecular weight excluding hydrogens is 278 g/mol. The van der Waals surface area contributed by atoms with E-state index in [0.717, 1.165) is 11.0 Å². The van der Waals surface area contributed by atoms with E-state index >= 15 is 0 Å². The van der Waals surface area contributed by atoms with E-state index in [9.17, 15) is 0 Å². The van der Waals surface area contributed by atoms with Crippen molar-refractivity contribution in [2.24, 2.45) is 0 Å². The number of thioether (sulfide) groups is 1. The zero-order valence-electron chi connectivity index (χ0n) is 13.8. The third kappa shape index (κ3) is 4.93. The highest BCUT2D eigenvalue weighted by molar-refractivity contribution is 7.99. The van der Waals surface area contributed by atoms with Crippen molar-refractivity contribution in [3.05, 3.63) is 29.8 Å². The maximum Gasteiger partial charge on any atom is 0.119 e. The first-order chi connectivity index (χ1) is 10.1. The van der Waals surface area contributed by atoms with Crippen molar-refractivity contribution >= 4 is 11.8 Å². The van der Waals surface area contributed by atoms with Crippen LogP contribution in [0.3, 0.4) is 0 Å². The molecule has 0 amide bonds. The summed E-state index contributed by atoms with van der Waals surface area (Å²) in [5, 5.41) is 4.62. The molecule has 2 nitrogen and oxygen atoms in total. The van der Waals surface area contributed by atoms with E-state index in [4.69, 9.17) is 4.74 Å².